The molecule has 4 nitrogen and oxygen atoms in total. The Morgan fingerprint density at radius 3 is 2.37 bits per heavy atom. The maximum absolute atomic E-state index is 11.9. The number of nitrogens with zero attached hydrogens (tertiary/aromatic N) is 1. The van der Waals surface area contributed by atoms with E-state index in [1.54, 1.807) is 4.90 Å². The van der Waals surface area contributed by atoms with Crippen LogP contribution in [0, 0.1) is 5.41 Å². The first-order valence-electron chi connectivity index (χ1n) is 6.79. The van der Waals surface area contributed by atoms with E-state index in [1.165, 1.54) is 0 Å². The normalized spacial score (nSPS) is 19.1. The third kappa shape index (κ3) is 5.01. The van der Waals surface area contributed by atoms with Crippen LogP contribution in [0.15, 0.2) is 0 Å². The molecule has 1 aliphatic rings. The second-order valence-corrected chi connectivity index (χ2v) is 6.57. The van der Waals surface area contributed by atoms with Gasteiger partial charge in [0.15, 0.2) is 0 Å². The van der Waals surface area contributed by atoms with E-state index in [2.05, 4.69) is 0 Å². The van der Waals surface area contributed by atoms with E-state index >= 15 is 0 Å². The molecule has 19 heavy (non-hydrogen) atoms. The van der Waals surface area contributed by atoms with Crippen LogP contribution in [0.25, 0.3) is 0 Å². The number of carbonyl (C=O) groups is 2. The van der Waals surface area contributed by atoms with Crippen LogP contribution in [0.4, 0.5) is 4.79 Å². The molecule has 1 saturated heterocycles. The average molecular weight is 290 g/mol. The summed E-state index contributed by atoms with van der Waals surface area (Å²) in [5.41, 5.74) is -0.462. The predicted octanol–water partition coefficient (Wildman–Crippen LogP) is 3.22. The monoisotopic (exact) mass is 289 g/mol. The number of halogens is 1. The Balaban J connectivity index is 2.51. The Hall–Kier alpha value is -0.770. The van der Waals surface area contributed by atoms with E-state index in [4.69, 9.17) is 16.3 Å². The number of likely N-dealkylation sites (tertiary alicyclic amines) is 1. The highest BCUT2D eigenvalue weighted by atomic mass is 35.5. The lowest BCUT2D eigenvalue weighted by molar-refractivity contribution is -0.108. The Kier molecular flexibility index (Phi) is 5.65. The lowest BCUT2D eigenvalue weighted by Crippen LogP contribution is -2.45. The average Bonchev–Trinajstić information content (AvgIpc) is 2.35. The zero-order valence-electron chi connectivity index (χ0n) is 12.1. The molecule has 1 fully saturated rings. The van der Waals surface area contributed by atoms with Crippen molar-refractivity contribution in [1.29, 1.82) is 0 Å². The molecule has 1 aliphatic heterocycles. The molecule has 1 heterocycles. The maximum Gasteiger partial charge on any atom is 0.410 e. The molecule has 0 bridgehead atoms. The molecular weight excluding hydrogens is 266 g/mol. The lowest BCUT2D eigenvalue weighted by Gasteiger charge is -2.40. The number of rotatable bonds is 4. The molecule has 0 radical (unpaired) electrons. The van der Waals surface area contributed by atoms with Crippen LogP contribution in [0.5, 0.6) is 0 Å². The van der Waals surface area contributed by atoms with Gasteiger partial charge >= 0.3 is 6.09 Å². The summed E-state index contributed by atoms with van der Waals surface area (Å²) >= 11 is 6.06. The summed E-state index contributed by atoms with van der Waals surface area (Å²) in [6.45, 7) is 6.90. The molecule has 1 amide bonds. The minimum Gasteiger partial charge on any atom is -0.444 e. The van der Waals surface area contributed by atoms with Gasteiger partial charge in [-0.15, -0.1) is 11.6 Å². The van der Waals surface area contributed by atoms with E-state index in [1.807, 2.05) is 20.8 Å². The minimum atomic E-state index is -0.463. The topological polar surface area (TPSA) is 46.6 Å². The van der Waals surface area contributed by atoms with Crippen molar-refractivity contribution in [3.05, 3.63) is 0 Å². The summed E-state index contributed by atoms with van der Waals surface area (Å²) < 4.78 is 5.36. The summed E-state index contributed by atoms with van der Waals surface area (Å²) in [5, 5.41) is 0. The van der Waals surface area contributed by atoms with Gasteiger partial charge in [-0.3, -0.25) is 0 Å². The first kappa shape index (κ1) is 16.3. The number of aldehydes is 1. The number of hydrogen-bond acceptors (Lipinski definition) is 3. The lowest BCUT2D eigenvalue weighted by atomic mass is 9.76. The van der Waals surface area contributed by atoms with E-state index in [9.17, 15) is 9.59 Å². The van der Waals surface area contributed by atoms with Crippen LogP contribution in [-0.4, -0.2) is 41.8 Å². The van der Waals surface area contributed by atoms with Crippen LogP contribution < -0.4 is 0 Å². The van der Waals surface area contributed by atoms with Crippen LogP contribution in [0.2, 0.25) is 0 Å². The molecule has 0 aromatic rings. The second kappa shape index (κ2) is 6.60. The SMILES string of the molecule is CC(C)(C)OC(=O)N1CCC(CCl)(CCC=O)CC1. The van der Waals surface area contributed by atoms with Crippen LogP contribution >= 0.6 is 11.6 Å². The number of piperidine rings is 1. The van der Waals surface area contributed by atoms with Gasteiger partial charge < -0.3 is 14.4 Å². The molecular formula is C14H24ClNO3. The third-order valence-corrected chi connectivity index (χ3v) is 4.12. The summed E-state index contributed by atoms with van der Waals surface area (Å²) in [5.74, 6) is 0.545. The molecule has 0 unspecified atom stereocenters. The predicted molar refractivity (Wildman–Crippen MR) is 75.5 cm³/mol. The largest absolute Gasteiger partial charge is 0.444 e. The Morgan fingerprint density at radius 1 is 1.37 bits per heavy atom. The first-order valence-corrected chi connectivity index (χ1v) is 7.33. The van der Waals surface area contributed by atoms with Gasteiger partial charge in [0.1, 0.15) is 11.9 Å². The van der Waals surface area contributed by atoms with Crippen LogP contribution in [0.1, 0.15) is 46.5 Å². The minimum absolute atomic E-state index is 0.000970. The molecule has 0 aromatic heterocycles. The van der Waals surface area contributed by atoms with Gasteiger partial charge in [0.2, 0.25) is 0 Å². The number of carbonyl (C=O) groups excluding carboxylic acids is 2. The van der Waals surface area contributed by atoms with Crippen molar-refractivity contribution in [2.75, 3.05) is 19.0 Å². The molecule has 0 spiro atoms. The summed E-state index contributed by atoms with van der Waals surface area (Å²) in [6, 6.07) is 0. The molecule has 0 N–H and O–H groups in total. The summed E-state index contributed by atoms with van der Waals surface area (Å²) in [6.07, 6.45) is 3.70. The molecule has 110 valence electrons. The molecule has 0 saturated carbocycles. The number of hydrogen-bond donors (Lipinski definition) is 0. The summed E-state index contributed by atoms with van der Waals surface area (Å²) in [7, 11) is 0. The van der Waals surface area contributed by atoms with Crippen molar-refractivity contribution in [1.82, 2.24) is 4.90 Å². The van der Waals surface area contributed by atoms with Crippen molar-refractivity contribution in [3.63, 3.8) is 0 Å². The van der Waals surface area contributed by atoms with Crippen molar-refractivity contribution in [2.24, 2.45) is 5.41 Å². The second-order valence-electron chi connectivity index (χ2n) is 6.31. The van der Waals surface area contributed by atoms with Crippen molar-refractivity contribution < 1.29 is 14.3 Å². The fraction of sp³-hybridized carbons (Fsp3) is 0.857. The molecule has 0 aliphatic carbocycles. The number of alkyl halides is 1. The van der Waals surface area contributed by atoms with Crippen molar-refractivity contribution in [3.8, 4) is 0 Å². The van der Waals surface area contributed by atoms with E-state index in [0.717, 1.165) is 25.5 Å². The van der Waals surface area contributed by atoms with Crippen LogP contribution in [-0.2, 0) is 9.53 Å². The van der Waals surface area contributed by atoms with Gasteiger partial charge in [-0.25, -0.2) is 4.79 Å². The molecule has 5 heteroatoms. The fourth-order valence-electron chi connectivity index (χ4n) is 2.31. The molecule has 0 aromatic carbocycles. The highest BCUT2D eigenvalue weighted by molar-refractivity contribution is 6.18. The zero-order valence-corrected chi connectivity index (χ0v) is 12.8. The maximum atomic E-state index is 11.9. The first-order chi connectivity index (χ1) is 8.82. The van der Waals surface area contributed by atoms with Gasteiger partial charge in [0, 0.05) is 25.4 Å². The Labute approximate surface area is 120 Å². The van der Waals surface area contributed by atoms with Gasteiger partial charge in [0.25, 0.3) is 0 Å². The molecule has 1 rings (SSSR count). The smallest absolute Gasteiger partial charge is 0.410 e. The number of amides is 1. The van der Waals surface area contributed by atoms with Crippen molar-refractivity contribution in [2.45, 2.75) is 52.1 Å². The number of ether oxygens (including phenoxy) is 1. The molecule has 0 atom stereocenters. The quantitative estimate of drug-likeness (QED) is 0.590. The van der Waals surface area contributed by atoms with E-state index < -0.39 is 5.60 Å². The van der Waals surface area contributed by atoms with Crippen LogP contribution in [0.3, 0.4) is 0 Å². The Morgan fingerprint density at radius 2 is 1.95 bits per heavy atom. The van der Waals surface area contributed by atoms with Gasteiger partial charge in [-0.05, 0) is 45.4 Å². The van der Waals surface area contributed by atoms with E-state index in [-0.39, 0.29) is 11.5 Å². The van der Waals surface area contributed by atoms with Gasteiger partial charge in [-0.2, -0.15) is 0 Å². The van der Waals surface area contributed by atoms with Gasteiger partial charge in [-0.1, -0.05) is 0 Å². The Bertz CT molecular complexity index is 317. The standard InChI is InChI=1S/C14H24ClNO3/c1-13(2,3)19-12(18)16-8-6-14(11-15,7-9-16)5-4-10-17/h10H,4-9,11H2,1-3H3. The zero-order chi connectivity index (χ0) is 14.5. The third-order valence-electron chi connectivity index (χ3n) is 3.55. The van der Waals surface area contributed by atoms with Crippen molar-refractivity contribution >= 4 is 24.0 Å². The summed E-state index contributed by atoms with van der Waals surface area (Å²) in [4.78, 5) is 24.2. The highest BCUT2D eigenvalue weighted by Gasteiger charge is 2.36. The van der Waals surface area contributed by atoms with Gasteiger partial charge in [0.05, 0.1) is 0 Å². The van der Waals surface area contributed by atoms with E-state index in [0.29, 0.717) is 25.4 Å². The highest BCUT2D eigenvalue weighted by Crippen LogP contribution is 2.37. The fourth-order valence-corrected chi connectivity index (χ4v) is 2.71.